The van der Waals surface area contributed by atoms with Gasteiger partial charge in [0.15, 0.2) is 0 Å². The first-order chi connectivity index (χ1) is 16.6. The molecule has 2 fully saturated rings. The van der Waals surface area contributed by atoms with Gasteiger partial charge in [-0.2, -0.15) is 0 Å². The molecule has 0 unspecified atom stereocenters. The van der Waals surface area contributed by atoms with E-state index in [0.717, 1.165) is 69.0 Å². The van der Waals surface area contributed by atoms with Crippen molar-refractivity contribution in [2.75, 3.05) is 44.9 Å². The molecule has 0 spiro atoms. The van der Waals surface area contributed by atoms with Gasteiger partial charge >= 0.3 is 0 Å². The van der Waals surface area contributed by atoms with Gasteiger partial charge in [0, 0.05) is 56.6 Å². The van der Waals surface area contributed by atoms with Crippen molar-refractivity contribution < 1.29 is 19.1 Å². The van der Waals surface area contributed by atoms with Gasteiger partial charge in [-0.05, 0) is 74.7 Å². The van der Waals surface area contributed by atoms with E-state index in [2.05, 4.69) is 17.3 Å². The number of benzene rings is 2. The summed E-state index contributed by atoms with van der Waals surface area (Å²) in [5.41, 5.74) is 2.42. The lowest BCUT2D eigenvalue weighted by molar-refractivity contribution is -0.119. The topological polar surface area (TPSA) is 71.1 Å². The molecule has 0 atom stereocenters. The second-order valence-corrected chi connectivity index (χ2v) is 9.05. The molecular formula is C27H35N3O4. The van der Waals surface area contributed by atoms with E-state index in [-0.39, 0.29) is 11.8 Å². The van der Waals surface area contributed by atoms with Gasteiger partial charge in [-0.25, -0.2) is 0 Å². The third kappa shape index (κ3) is 6.58. The Labute approximate surface area is 202 Å². The average Bonchev–Trinajstić information content (AvgIpc) is 2.88. The summed E-state index contributed by atoms with van der Waals surface area (Å²) >= 11 is 0. The number of rotatable bonds is 9. The number of carbonyl (C=O) groups is 2. The van der Waals surface area contributed by atoms with E-state index < -0.39 is 0 Å². The number of hydrogen-bond donors (Lipinski definition) is 1. The fraction of sp³-hybridized carbons (Fsp3) is 0.481. The fourth-order valence-electron chi connectivity index (χ4n) is 4.52. The van der Waals surface area contributed by atoms with E-state index in [0.29, 0.717) is 31.2 Å². The number of hydrogen-bond acceptors (Lipinski definition) is 5. The summed E-state index contributed by atoms with van der Waals surface area (Å²) < 4.78 is 11.4. The molecule has 0 saturated carbocycles. The molecule has 0 aliphatic carbocycles. The normalized spacial score (nSPS) is 17.1. The molecule has 0 radical (unpaired) electrons. The first kappa shape index (κ1) is 24.2. The van der Waals surface area contributed by atoms with Crippen molar-refractivity contribution in [3.8, 4) is 5.75 Å². The molecule has 2 aliphatic rings. The molecule has 182 valence electrons. The largest absolute Gasteiger partial charge is 0.492 e. The number of carbonyl (C=O) groups excluding carboxylic acids is 2. The quantitative estimate of drug-likeness (QED) is 0.613. The molecule has 2 aliphatic heterocycles. The van der Waals surface area contributed by atoms with Crippen LogP contribution in [0.4, 0.5) is 5.69 Å². The summed E-state index contributed by atoms with van der Waals surface area (Å²) in [7, 11) is 2.14. The monoisotopic (exact) mass is 465 g/mol. The Morgan fingerprint density at radius 3 is 2.71 bits per heavy atom. The van der Waals surface area contributed by atoms with Crippen LogP contribution < -0.4 is 15.0 Å². The smallest absolute Gasteiger partial charge is 0.251 e. The first-order valence-corrected chi connectivity index (χ1v) is 12.3. The molecule has 0 bridgehead atoms. The van der Waals surface area contributed by atoms with Crippen LogP contribution in [0.15, 0.2) is 48.5 Å². The number of amides is 2. The lowest BCUT2D eigenvalue weighted by Crippen LogP contribution is -2.38. The van der Waals surface area contributed by atoms with Gasteiger partial charge in [0.25, 0.3) is 5.91 Å². The highest BCUT2D eigenvalue weighted by molar-refractivity contribution is 5.96. The third-order valence-electron chi connectivity index (χ3n) is 6.64. The van der Waals surface area contributed by atoms with Crippen LogP contribution in [0.25, 0.3) is 0 Å². The van der Waals surface area contributed by atoms with E-state index in [9.17, 15) is 9.59 Å². The molecule has 2 heterocycles. The van der Waals surface area contributed by atoms with Crippen LogP contribution >= 0.6 is 0 Å². The Morgan fingerprint density at radius 2 is 1.94 bits per heavy atom. The second-order valence-electron chi connectivity index (χ2n) is 9.05. The molecule has 1 N–H and O–H groups in total. The molecule has 2 saturated heterocycles. The van der Waals surface area contributed by atoms with Crippen molar-refractivity contribution in [1.82, 2.24) is 10.2 Å². The minimum absolute atomic E-state index is 0.138. The highest BCUT2D eigenvalue weighted by Crippen LogP contribution is 2.21. The van der Waals surface area contributed by atoms with Crippen molar-refractivity contribution in [1.29, 1.82) is 0 Å². The summed E-state index contributed by atoms with van der Waals surface area (Å²) in [4.78, 5) is 28.9. The number of nitrogens with zero attached hydrogens (tertiary/aromatic N) is 2. The Balaban J connectivity index is 1.23. The Hall–Kier alpha value is -2.90. The van der Waals surface area contributed by atoms with Crippen LogP contribution in [-0.4, -0.2) is 62.7 Å². The van der Waals surface area contributed by atoms with Gasteiger partial charge in [0.1, 0.15) is 12.4 Å². The average molecular weight is 466 g/mol. The minimum atomic E-state index is -0.138. The summed E-state index contributed by atoms with van der Waals surface area (Å²) in [5, 5.41) is 2.97. The number of anilines is 1. The lowest BCUT2D eigenvalue weighted by atomic mass is 10.1. The van der Waals surface area contributed by atoms with E-state index in [1.54, 1.807) is 17.0 Å². The van der Waals surface area contributed by atoms with E-state index >= 15 is 0 Å². The van der Waals surface area contributed by atoms with Gasteiger partial charge in [0.05, 0.1) is 0 Å². The van der Waals surface area contributed by atoms with Crippen molar-refractivity contribution in [2.45, 2.75) is 44.7 Å². The van der Waals surface area contributed by atoms with Gasteiger partial charge < -0.3 is 19.7 Å². The zero-order valence-corrected chi connectivity index (χ0v) is 20.0. The summed E-state index contributed by atoms with van der Waals surface area (Å²) in [6.45, 7) is 4.33. The van der Waals surface area contributed by atoms with Crippen LogP contribution in [0.1, 0.15) is 48.0 Å². The minimum Gasteiger partial charge on any atom is -0.492 e. The maximum absolute atomic E-state index is 12.6. The summed E-state index contributed by atoms with van der Waals surface area (Å²) in [6, 6.07) is 15.7. The predicted octanol–water partition coefficient (Wildman–Crippen LogP) is 3.62. The molecule has 7 heteroatoms. The SMILES string of the molecule is CN(CCOc1cccc(CNC(=O)c2ccc(N3CCCCC3=O)cc2)c1)C1CCOCC1. The fourth-order valence-corrected chi connectivity index (χ4v) is 4.52. The molecule has 2 aromatic carbocycles. The van der Waals surface area contributed by atoms with Crippen molar-refractivity contribution in [3.63, 3.8) is 0 Å². The Morgan fingerprint density at radius 1 is 1.15 bits per heavy atom. The Bertz CT molecular complexity index is 957. The first-order valence-electron chi connectivity index (χ1n) is 12.3. The van der Waals surface area contributed by atoms with E-state index in [1.165, 1.54) is 0 Å². The zero-order chi connectivity index (χ0) is 23.8. The molecule has 0 aromatic heterocycles. The summed E-state index contributed by atoms with van der Waals surface area (Å²) in [6.07, 6.45) is 4.71. The molecular weight excluding hydrogens is 430 g/mol. The molecule has 2 aromatic rings. The second kappa shape index (κ2) is 12.0. The third-order valence-corrected chi connectivity index (χ3v) is 6.64. The van der Waals surface area contributed by atoms with E-state index in [1.807, 2.05) is 36.4 Å². The number of nitrogens with one attached hydrogen (secondary N) is 1. The van der Waals surface area contributed by atoms with Gasteiger partial charge in [-0.15, -0.1) is 0 Å². The van der Waals surface area contributed by atoms with Gasteiger partial charge in [0.2, 0.25) is 5.91 Å². The molecule has 2 amide bonds. The van der Waals surface area contributed by atoms with Gasteiger partial charge in [-0.3, -0.25) is 14.5 Å². The standard InChI is InChI=1S/C27H35N3O4/c1-29(23-12-16-33-17-13-23)15-18-34-25-6-4-5-21(19-25)20-28-27(32)22-8-10-24(11-9-22)30-14-3-2-7-26(30)31/h4-6,8-11,19,23H,2-3,7,12-18,20H2,1H3,(H,28,32). The Kier molecular flexibility index (Phi) is 8.55. The number of ether oxygens (including phenoxy) is 2. The molecule has 34 heavy (non-hydrogen) atoms. The maximum atomic E-state index is 12.6. The maximum Gasteiger partial charge on any atom is 0.251 e. The number of likely N-dealkylation sites (N-methyl/N-ethyl adjacent to an activating group) is 1. The van der Waals surface area contributed by atoms with Crippen molar-refractivity contribution >= 4 is 17.5 Å². The number of piperidine rings is 1. The van der Waals surface area contributed by atoms with E-state index in [4.69, 9.17) is 9.47 Å². The predicted molar refractivity (Wildman–Crippen MR) is 132 cm³/mol. The van der Waals surface area contributed by atoms with Crippen molar-refractivity contribution in [2.24, 2.45) is 0 Å². The lowest BCUT2D eigenvalue weighted by Gasteiger charge is -2.31. The van der Waals surface area contributed by atoms with Crippen LogP contribution in [0.5, 0.6) is 5.75 Å². The van der Waals surface area contributed by atoms with Crippen LogP contribution in [0, 0.1) is 0 Å². The highest BCUT2D eigenvalue weighted by Gasteiger charge is 2.20. The van der Waals surface area contributed by atoms with Gasteiger partial charge in [-0.1, -0.05) is 12.1 Å². The van der Waals surface area contributed by atoms with Crippen molar-refractivity contribution in [3.05, 3.63) is 59.7 Å². The molecule has 4 rings (SSSR count). The van der Waals surface area contributed by atoms with Crippen LogP contribution in [-0.2, 0) is 16.1 Å². The van der Waals surface area contributed by atoms with Crippen LogP contribution in [0.2, 0.25) is 0 Å². The highest BCUT2D eigenvalue weighted by atomic mass is 16.5. The zero-order valence-electron chi connectivity index (χ0n) is 20.0. The van der Waals surface area contributed by atoms with Crippen LogP contribution in [0.3, 0.4) is 0 Å². The summed E-state index contributed by atoms with van der Waals surface area (Å²) in [5.74, 6) is 0.824. The molecule has 7 nitrogen and oxygen atoms in total.